The number of sulfonamides is 1. The van der Waals surface area contributed by atoms with Crippen LogP contribution in [0.1, 0.15) is 53.3 Å². The van der Waals surface area contributed by atoms with E-state index in [1.165, 1.54) is 32.4 Å². The minimum absolute atomic E-state index is 0. The van der Waals surface area contributed by atoms with Gasteiger partial charge in [0, 0.05) is 12.1 Å². The molecule has 0 aliphatic heterocycles. The fraction of sp³-hybridized carbons (Fsp3) is 0.556. The van der Waals surface area contributed by atoms with Crippen LogP contribution in [0.3, 0.4) is 0 Å². The Morgan fingerprint density at radius 1 is 1.14 bits per heavy atom. The molecule has 1 aromatic rings. The molecule has 0 heterocycles. The number of nitrogens with one attached hydrogen (secondary N) is 1. The molecular formula is C18H27ClN2O6S. The molecular weight excluding hydrogens is 408 g/mol. The third-order valence-electron chi connectivity index (χ3n) is 5.21. The van der Waals surface area contributed by atoms with Gasteiger partial charge in [-0.1, -0.05) is 19.8 Å². The van der Waals surface area contributed by atoms with Crippen molar-refractivity contribution in [3.63, 3.8) is 0 Å². The molecule has 0 spiro atoms. The number of halogens is 1. The summed E-state index contributed by atoms with van der Waals surface area (Å²) in [5.74, 6) is -1.44. The minimum atomic E-state index is -4.04. The first-order chi connectivity index (χ1) is 12.7. The molecule has 1 aliphatic carbocycles. The van der Waals surface area contributed by atoms with E-state index in [1.807, 2.05) is 6.92 Å². The second kappa shape index (κ2) is 9.69. The summed E-state index contributed by atoms with van der Waals surface area (Å²) in [5, 5.41) is 0. The van der Waals surface area contributed by atoms with Crippen LogP contribution in [-0.4, -0.2) is 46.7 Å². The maximum absolute atomic E-state index is 13.1. The molecule has 8 nitrogen and oxygen atoms in total. The largest absolute Gasteiger partial charge is 0.465 e. The molecule has 10 heteroatoms. The topological polar surface area (TPSA) is 125 Å². The van der Waals surface area contributed by atoms with E-state index in [-0.39, 0.29) is 40.9 Å². The molecule has 1 aliphatic rings. The minimum Gasteiger partial charge on any atom is -0.465 e. The van der Waals surface area contributed by atoms with E-state index in [0.29, 0.717) is 6.42 Å². The van der Waals surface area contributed by atoms with Crippen LogP contribution in [0.25, 0.3) is 0 Å². The Bertz CT molecular complexity index is 795. The zero-order chi connectivity index (χ0) is 20.2. The first-order valence-electron chi connectivity index (χ1n) is 8.75. The second-order valence-electron chi connectivity index (χ2n) is 6.84. The van der Waals surface area contributed by atoms with Gasteiger partial charge in [-0.25, -0.2) is 22.7 Å². The number of methoxy groups -OCH3 is 2. The highest BCUT2D eigenvalue weighted by atomic mass is 35.5. The van der Waals surface area contributed by atoms with Gasteiger partial charge < -0.3 is 15.2 Å². The SMILES string of the molecule is COC(=O)c1cc(C(=O)OC)cc(S(=O)(=O)NC2(CN)CCCCC2C)c1.Cl. The zero-order valence-electron chi connectivity index (χ0n) is 16.2. The fourth-order valence-electron chi connectivity index (χ4n) is 3.46. The van der Waals surface area contributed by atoms with E-state index in [4.69, 9.17) is 5.73 Å². The van der Waals surface area contributed by atoms with Gasteiger partial charge in [0.1, 0.15) is 0 Å². The van der Waals surface area contributed by atoms with E-state index in [9.17, 15) is 18.0 Å². The maximum Gasteiger partial charge on any atom is 0.337 e. The molecule has 0 aromatic heterocycles. The lowest BCUT2D eigenvalue weighted by Crippen LogP contribution is -2.58. The Morgan fingerprint density at radius 3 is 2.11 bits per heavy atom. The van der Waals surface area contributed by atoms with Crippen molar-refractivity contribution in [2.24, 2.45) is 11.7 Å². The highest BCUT2D eigenvalue weighted by Gasteiger charge is 2.40. The molecule has 1 aromatic carbocycles. The number of hydrogen-bond acceptors (Lipinski definition) is 7. The van der Waals surface area contributed by atoms with Gasteiger partial charge in [0.15, 0.2) is 0 Å². The van der Waals surface area contributed by atoms with Gasteiger partial charge in [0.2, 0.25) is 10.0 Å². The standard InChI is InChI=1S/C18H26N2O6S.ClH/c1-12-6-4-5-7-18(12,11-19)20-27(23,24)15-9-13(16(21)25-2)8-14(10-15)17(22)26-3;/h8-10,12,20H,4-7,11,19H2,1-3H3;1H. The van der Waals surface area contributed by atoms with Gasteiger partial charge in [0.25, 0.3) is 0 Å². The van der Waals surface area contributed by atoms with Gasteiger partial charge in [-0.2, -0.15) is 0 Å². The molecule has 0 radical (unpaired) electrons. The third-order valence-corrected chi connectivity index (χ3v) is 6.75. The third kappa shape index (κ3) is 5.02. The van der Waals surface area contributed by atoms with E-state index in [0.717, 1.165) is 19.3 Å². The summed E-state index contributed by atoms with van der Waals surface area (Å²) in [7, 11) is -1.69. The van der Waals surface area contributed by atoms with Gasteiger partial charge in [-0.05, 0) is 37.0 Å². The van der Waals surface area contributed by atoms with Crippen LogP contribution in [0.5, 0.6) is 0 Å². The van der Waals surface area contributed by atoms with Crippen molar-refractivity contribution in [1.82, 2.24) is 4.72 Å². The summed E-state index contributed by atoms with van der Waals surface area (Å²) in [6.45, 7) is 2.13. The number of nitrogens with two attached hydrogens (primary N) is 1. The van der Waals surface area contributed by atoms with E-state index in [2.05, 4.69) is 14.2 Å². The lowest BCUT2D eigenvalue weighted by Gasteiger charge is -2.42. The zero-order valence-corrected chi connectivity index (χ0v) is 17.8. The van der Waals surface area contributed by atoms with Crippen LogP contribution in [0.2, 0.25) is 0 Å². The summed E-state index contributed by atoms with van der Waals surface area (Å²) in [6.07, 6.45) is 3.40. The molecule has 0 saturated heterocycles. The van der Waals surface area contributed by atoms with Gasteiger partial charge in [0.05, 0.1) is 30.2 Å². The van der Waals surface area contributed by atoms with Crippen molar-refractivity contribution in [2.75, 3.05) is 20.8 Å². The highest BCUT2D eigenvalue weighted by molar-refractivity contribution is 7.89. The number of benzene rings is 1. The number of ether oxygens (including phenoxy) is 2. The molecule has 1 saturated carbocycles. The van der Waals surface area contributed by atoms with Gasteiger partial charge in [-0.3, -0.25) is 0 Å². The van der Waals surface area contributed by atoms with E-state index >= 15 is 0 Å². The molecule has 2 unspecified atom stereocenters. The molecule has 3 N–H and O–H groups in total. The predicted molar refractivity (Wildman–Crippen MR) is 106 cm³/mol. The Balaban J connectivity index is 0.00000392. The fourth-order valence-corrected chi connectivity index (χ4v) is 5.07. The van der Waals surface area contributed by atoms with Crippen LogP contribution >= 0.6 is 12.4 Å². The first kappa shape index (κ1) is 24.4. The molecule has 1 fully saturated rings. The number of carbonyl (C=O) groups excluding carboxylic acids is 2. The number of hydrogen-bond donors (Lipinski definition) is 2. The van der Waals surface area contributed by atoms with Crippen molar-refractivity contribution in [2.45, 2.75) is 43.0 Å². The average Bonchev–Trinajstić information content (AvgIpc) is 2.67. The van der Waals surface area contributed by atoms with Crippen molar-refractivity contribution >= 4 is 34.4 Å². The molecule has 158 valence electrons. The van der Waals surface area contributed by atoms with Crippen LogP contribution in [0, 0.1) is 5.92 Å². The summed E-state index contributed by atoms with van der Waals surface area (Å²) in [4.78, 5) is 23.6. The van der Waals surface area contributed by atoms with E-state index in [1.54, 1.807) is 0 Å². The molecule has 2 atom stereocenters. The van der Waals surface area contributed by atoms with Crippen LogP contribution in [-0.2, 0) is 19.5 Å². The van der Waals surface area contributed by atoms with Crippen molar-refractivity contribution in [1.29, 1.82) is 0 Å². The quantitative estimate of drug-likeness (QED) is 0.654. The van der Waals surface area contributed by atoms with Gasteiger partial charge in [-0.15, -0.1) is 12.4 Å². The average molecular weight is 435 g/mol. The first-order valence-corrected chi connectivity index (χ1v) is 10.2. The molecule has 0 amide bonds. The van der Waals surface area contributed by atoms with Crippen molar-refractivity contribution in [3.8, 4) is 0 Å². The monoisotopic (exact) mass is 434 g/mol. The molecule has 28 heavy (non-hydrogen) atoms. The van der Waals surface area contributed by atoms with E-state index < -0.39 is 27.5 Å². The number of rotatable bonds is 6. The predicted octanol–water partition coefficient (Wildman–Crippen LogP) is 1.87. The van der Waals surface area contributed by atoms with Crippen LogP contribution in [0.15, 0.2) is 23.1 Å². The van der Waals surface area contributed by atoms with Crippen LogP contribution < -0.4 is 10.5 Å². The second-order valence-corrected chi connectivity index (χ2v) is 8.52. The Hall–Kier alpha value is -1.68. The number of carbonyl (C=O) groups is 2. The normalized spacial score (nSPS) is 22.1. The summed E-state index contributed by atoms with van der Waals surface area (Å²) >= 11 is 0. The Kier molecular flexibility index (Phi) is 8.43. The summed E-state index contributed by atoms with van der Waals surface area (Å²) in [5.41, 5.74) is 5.07. The van der Waals surface area contributed by atoms with Crippen molar-refractivity contribution < 1.29 is 27.5 Å². The Morgan fingerprint density at radius 2 is 1.68 bits per heavy atom. The molecule has 0 bridgehead atoms. The Labute approximate surface area is 171 Å². The lowest BCUT2D eigenvalue weighted by molar-refractivity contribution is 0.0598. The summed E-state index contributed by atoms with van der Waals surface area (Å²) in [6, 6.07) is 3.59. The lowest BCUT2D eigenvalue weighted by atomic mass is 9.74. The number of esters is 2. The molecule has 2 rings (SSSR count). The maximum atomic E-state index is 13.1. The smallest absolute Gasteiger partial charge is 0.337 e. The van der Waals surface area contributed by atoms with Crippen molar-refractivity contribution in [3.05, 3.63) is 29.3 Å². The van der Waals surface area contributed by atoms with Crippen LogP contribution in [0.4, 0.5) is 0 Å². The highest BCUT2D eigenvalue weighted by Crippen LogP contribution is 2.34. The summed E-state index contributed by atoms with van der Waals surface area (Å²) < 4.78 is 38.2. The van der Waals surface area contributed by atoms with Gasteiger partial charge >= 0.3 is 11.9 Å².